The molecule has 0 aliphatic rings. The van der Waals surface area contributed by atoms with Crippen molar-refractivity contribution < 1.29 is 19.7 Å². The van der Waals surface area contributed by atoms with Crippen LogP contribution >= 0.6 is 0 Å². The molecule has 0 aliphatic heterocycles. The van der Waals surface area contributed by atoms with Crippen molar-refractivity contribution in [1.82, 2.24) is 9.55 Å². The molecule has 3 aromatic rings. The van der Waals surface area contributed by atoms with E-state index in [2.05, 4.69) is 4.98 Å². The van der Waals surface area contributed by atoms with E-state index in [1.165, 1.54) is 0 Å². The number of ether oxygens (including phenoxy) is 2. The Balaban J connectivity index is 1.68. The quantitative estimate of drug-likeness (QED) is 0.616. The van der Waals surface area contributed by atoms with Gasteiger partial charge in [0, 0.05) is 13.0 Å². The van der Waals surface area contributed by atoms with Crippen LogP contribution in [-0.2, 0) is 13.0 Å². The van der Waals surface area contributed by atoms with E-state index in [-0.39, 0.29) is 13.2 Å². The van der Waals surface area contributed by atoms with Crippen LogP contribution in [0.3, 0.4) is 0 Å². The maximum atomic E-state index is 10.4. The zero-order valence-electron chi connectivity index (χ0n) is 14.8. The zero-order valence-corrected chi connectivity index (χ0v) is 14.8. The van der Waals surface area contributed by atoms with Crippen molar-refractivity contribution >= 4 is 11.0 Å². The average Bonchev–Trinajstić information content (AvgIpc) is 3.02. The standard InChI is InChI=1S/C20H24N2O4/c1-25-16-8-10-17(11-9-16)26-14-15(24)13-22-19-6-3-2-5-18(19)21-20(22)7-4-12-23/h2-3,5-6,8-11,15,23-24H,4,7,12-14H2,1H3/t15-/m0/s1. The van der Waals surface area contributed by atoms with Gasteiger partial charge in [0.1, 0.15) is 30.0 Å². The summed E-state index contributed by atoms with van der Waals surface area (Å²) in [5.41, 5.74) is 1.87. The monoisotopic (exact) mass is 356 g/mol. The molecule has 1 atom stereocenters. The second-order valence-corrected chi connectivity index (χ2v) is 6.09. The highest BCUT2D eigenvalue weighted by atomic mass is 16.5. The van der Waals surface area contributed by atoms with Gasteiger partial charge in [-0.2, -0.15) is 0 Å². The molecule has 26 heavy (non-hydrogen) atoms. The fourth-order valence-electron chi connectivity index (χ4n) is 2.88. The summed E-state index contributed by atoms with van der Waals surface area (Å²) < 4.78 is 12.8. The number of hydrogen-bond acceptors (Lipinski definition) is 5. The lowest BCUT2D eigenvalue weighted by atomic mass is 10.2. The predicted octanol–water partition coefficient (Wildman–Crippen LogP) is 2.41. The molecule has 0 bridgehead atoms. The normalized spacial score (nSPS) is 12.3. The second kappa shape index (κ2) is 8.69. The first-order valence-corrected chi connectivity index (χ1v) is 8.71. The summed E-state index contributed by atoms with van der Waals surface area (Å²) >= 11 is 0. The Morgan fingerprint density at radius 2 is 1.81 bits per heavy atom. The van der Waals surface area contributed by atoms with Gasteiger partial charge in [0.25, 0.3) is 0 Å². The van der Waals surface area contributed by atoms with Gasteiger partial charge >= 0.3 is 0 Å². The number of imidazole rings is 1. The number of hydrogen-bond donors (Lipinski definition) is 2. The molecule has 2 aromatic carbocycles. The third-order valence-electron chi connectivity index (χ3n) is 4.19. The Morgan fingerprint density at radius 3 is 2.54 bits per heavy atom. The maximum absolute atomic E-state index is 10.4. The molecule has 0 fully saturated rings. The molecular weight excluding hydrogens is 332 g/mol. The van der Waals surface area contributed by atoms with Crippen molar-refractivity contribution in [2.75, 3.05) is 20.3 Å². The van der Waals surface area contributed by atoms with Crippen LogP contribution in [0.25, 0.3) is 11.0 Å². The van der Waals surface area contributed by atoms with E-state index in [1.807, 2.05) is 53.1 Å². The van der Waals surface area contributed by atoms with E-state index < -0.39 is 6.10 Å². The van der Waals surface area contributed by atoms with Gasteiger partial charge in [-0.1, -0.05) is 12.1 Å². The van der Waals surface area contributed by atoms with E-state index in [0.717, 1.165) is 22.6 Å². The number of aliphatic hydroxyl groups is 2. The van der Waals surface area contributed by atoms with E-state index in [4.69, 9.17) is 14.6 Å². The van der Waals surface area contributed by atoms with Crippen LogP contribution in [-0.4, -0.2) is 46.2 Å². The largest absolute Gasteiger partial charge is 0.497 e. The summed E-state index contributed by atoms with van der Waals surface area (Å²) in [7, 11) is 1.61. The Kier molecular flexibility index (Phi) is 6.09. The molecule has 0 saturated heterocycles. The molecule has 2 N–H and O–H groups in total. The third-order valence-corrected chi connectivity index (χ3v) is 4.19. The highest BCUT2D eigenvalue weighted by Gasteiger charge is 2.14. The highest BCUT2D eigenvalue weighted by Crippen LogP contribution is 2.19. The number of nitrogens with zero attached hydrogens (tertiary/aromatic N) is 2. The molecule has 0 unspecified atom stereocenters. The number of benzene rings is 2. The molecule has 0 radical (unpaired) electrons. The van der Waals surface area contributed by atoms with Crippen molar-refractivity contribution in [2.24, 2.45) is 0 Å². The maximum Gasteiger partial charge on any atom is 0.119 e. The van der Waals surface area contributed by atoms with Gasteiger partial charge in [0.2, 0.25) is 0 Å². The van der Waals surface area contributed by atoms with Crippen molar-refractivity contribution in [3.63, 3.8) is 0 Å². The number of fused-ring (bicyclic) bond motifs is 1. The fraction of sp³-hybridized carbons (Fsp3) is 0.350. The summed E-state index contributed by atoms with van der Waals surface area (Å²) in [6.45, 7) is 0.683. The number of rotatable bonds is 9. The van der Waals surface area contributed by atoms with Crippen LogP contribution in [0.1, 0.15) is 12.2 Å². The number of methoxy groups -OCH3 is 1. The molecule has 0 amide bonds. The molecule has 0 saturated carbocycles. The fourth-order valence-corrected chi connectivity index (χ4v) is 2.88. The average molecular weight is 356 g/mol. The molecule has 1 aromatic heterocycles. The SMILES string of the molecule is COc1ccc(OC[C@@H](O)Cn2c(CCCO)nc3ccccc32)cc1. The first kappa shape index (κ1) is 18.2. The topological polar surface area (TPSA) is 76.7 Å². The van der Waals surface area contributed by atoms with E-state index in [0.29, 0.717) is 25.1 Å². The predicted molar refractivity (Wildman–Crippen MR) is 99.6 cm³/mol. The van der Waals surface area contributed by atoms with Crippen LogP contribution in [0.15, 0.2) is 48.5 Å². The van der Waals surface area contributed by atoms with Gasteiger partial charge in [-0.05, 0) is 42.8 Å². The van der Waals surface area contributed by atoms with E-state index in [1.54, 1.807) is 7.11 Å². The number of aromatic nitrogens is 2. The molecule has 1 heterocycles. The van der Waals surface area contributed by atoms with Gasteiger partial charge in [0.05, 0.1) is 24.7 Å². The Labute approximate surface area is 152 Å². The lowest BCUT2D eigenvalue weighted by molar-refractivity contribution is 0.0926. The molecule has 3 rings (SSSR count). The smallest absolute Gasteiger partial charge is 0.119 e. The minimum Gasteiger partial charge on any atom is -0.497 e. The van der Waals surface area contributed by atoms with Crippen LogP contribution in [0.5, 0.6) is 11.5 Å². The van der Waals surface area contributed by atoms with Crippen LogP contribution in [0.2, 0.25) is 0 Å². The highest BCUT2D eigenvalue weighted by molar-refractivity contribution is 5.75. The first-order valence-electron chi connectivity index (χ1n) is 8.71. The van der Waals surface area contributed by atoms with Gasteiger partial charge in [-0.25, -0.2) is 4.98 Å². The minimum atomic E-state index is -0.678. The van der Waals surface area contributed by atoms with Crippen molar-refractivity contribution in [3.05, 3.63) is 54.4 Å². The molecule has 0 spiro atoms. The van der Waals surface area contributed by atoms with Gasteiger partial charge in [-0.3, -0.25) is 0 Å². The van der Waals surface area contributed by atoms with E-state index >= 15 is 0 Å². The Morgan fingerprint density at radius 1 is 1.08 bits per heavy atom. The number of aliphatic hydroxyl groups excluding tert-OH is 2. The second-order valence-electron chi connectivity index (χ2n) is 6.09. The molecule has 0 aliphatic carbocycles. The summed E-state index contributed by atoms with van der Waals surface area (Å²) in [6, 6.07) is 15.1. The first-order chi connectivity index (χ1) is 12.7. The van der Waals surface area contributed by atoms with Crippen molar-refractivity contribution in [3.8, 4) is 11.5 Å². The van der Waals surface area contributed by atoms with Gasteiger partial charge < -0.3 is 24.3 Å². The number of para-hydroxylation sites is 2. The summed E-state index contributed by atoms with van der Waals surface area (Å²) in [5, 5.41) is 19.6. The molecule has 138 valence electrons. The molecule has 6 nitrogen and oxygen atoms in total. The van der Waals surface area contributed by atoms with Crippen molar-refractivity contribution in [2.45, 2.75) is 25.5 Å². The van der Waals surface area contributed by atoms with Crippen LogP contribution < -0.4 is 9.47 Å². The lowest BCUT2D eigenvalue weighted by Gasteiger charge is -2.16. The summed E-state index contributed by atoms with van der Waals surface area (Å²) in [4.78, 5) is 4.63. The Bertz CT molecular complexity index is 829. The summed E-state index contributed by atoms with van der Waals surface area (Å²) in [5.74, 6) is 2.31. The minimum absolute atomic E-state index is 0.117. The van der Waals surface area contributed by atoms with Crippen LogP contribution in [0, 0.1) is 0 Å². The zero-order chi connectivity index (χ0) is 18.4. The van der Waals surface area contributed by atoms with Crippen molar-refractivity contribution in [1.29, 1.82) is 0 Å². The molecular formula is C20H24N2O4. The van der Waals surface area contributed by atoms with Gasteiger partial charge in [0.15, 0.2) is 0 Å². The summed E-state index contributed by atoms with van der Waals surface area (Å²) in [6.07, 6.45) is 0.626. The lowest BCUT2D eigenvalue weighted by Crippen LogP contribution is -2.24. The van der Waals surface area contributed by atoms with Crippen LogP contribution in [0.4, 0.5) is 0 Å². The molecule has 6 heteroatoms. The Hall–Kier alpha value is -2.57. The third kappa shape index (κ3) is 4.33. The number of aryl methyl sites for hydroxylation is 1. The van der Waals surface area contributed by atoms with E-state index in [9.17, 15) is 5.11 Å². The van der Waals surface area contributed by atoms with Gasteiger partial charge in [-0.15, -0.1) is 0 Å².